The molecule has 2 N–H and O–H groups in total. The van der Waals surface area contributed by atoms with E-state index in [0.29, 0.717) is 18.6 Å². The molecule has 1 aliphatic rings. The maximum absolute atomic E-state index is 12.1. The van der Waals surface area contributed by atoms with Crippen LogP contribution in [0.15, 0.2) is 0 Å². The molecule has 0 aliphatic carbocycles. The molecule has 2 atom stereocenters. The number of likely N-dealkylation sites (tertiary alicyclic amines) is 1. The Hall–Kier alpha value is -0.610. The van der Waals surface area contributed by atoms with Crippen molar-refractivity contribution in [3.63, 3.8) is 0 Å². The van der Waals surface area contributed by atoms with E-state index in [1.807, 2.05) is 6.92 Å². The van der Waals surface area contributed by atoms with Gasteiger partial charge in [0.1, 0.15) is 0 Å². The number of rotatable bonds is 7. The summed E-state index contributed by atoms with van der Waals surface area (Å²) in [5.41, 5.74) is 0. The van der Waals surface area contributed by atoms with E-state index in [0.717, 1.165) is 38.6 Å². The van der Waals surface area contributed by atoms with Gasteiger partial charge in [0, 0.05) is 12.1 Å². The molecule has 1 rings (SSSR count). The molecule has 0 aromatic rings. The van der Waals surface area contributed by atoms with Gasteiger partial charge in [-0.05, 0) is 45.6 Å². The Morgan fingerprint density at radius 2 is 2.05 bits per heavy atom. The summed E-state index contributed by atoms with van der Waals surface area (Å²) in [4.78, 5) is 14.3. The average Bonchev–Trinajstić information content (AvgIpc) is 2.37. The molecular formula is C15H30N2O2. The predicted octanol–water partition coefficient (Wildman–Crippen LogP) is 1.92. The lowest BCUT2D eigenvalue weighted by atomic mass is 9.97. The average molecular weight is 270 g/mol. The largest absolute Gasteiger partial charge is 0.393 e. The van der Waals surface area contributed by atoms with Crippen molar-refractivity contribution in [1.29, 1.82) is 0 Å². The normalized spacial score (nSPS) is 22.5. The van der Waals surface area contributed by atoms with E-state index in [9.17, 15) is 9.90 Å². The number of hydrogen-bond donors (Lipinski definition) is 2. The number of carbonyl (C=O) groups excluding carboxylic acids is 1. The van der Waals surface area contributed by atoms with Crippen molar-refractivity contribution < 1.29 is 9.90 Å². The molecule has 0 radical (unpaired) electrons. The van der Waals surface area contributed by atoms with Gasteiger partial charge in [-0.25, -0.2) is 0 Å². The molecule has 1 saturated heterocycles. The molecule has 4 nitrogen and oxygen atoms in total. The monoisotopic (exact) mass is 270 g/mol. The lowest BCUT2D eigenvalue weighted by Gasteiger charge is -2.36. The third-order valence-electron chi connectivity index (χ3n) is 4.06. The van der Waals surface area contributed by atoms with Crippen molar-refractivity contribution in [2.75, 3.05) is 13.1 Å². The van der Waals surface area contributed by atoms with Crippen LogP contribution in [0.1, 0.15) is 59.3 Å². The summed E-state index contributed by atoms with van der Waals surface area (Å²) < 4.78 is 0. The number of piperidine rings is 1. The summed E-state index contributed by atoms with van der Waals surface area (Å²) in [5, 5.41) is 12.6. The lowest BCUT2D eigenvalue weighted by Crippen LogP contribution is -2.48. The molecule has 19 heavy (non-hydrogen) atoms. The summed E-state index contributed by atoms with van der Waals surface area (Å²) in [5.74, 6) is 0.131. The van der Waals surface area contributed by atoms with Crippen LogP contribution in [0, 0.1) is 0 Å². The minimum Gasteiger partial charge on any atom is -0.393 e. The number of aliphatic hydroxyl groups is 1. The number of amides is 1. The number of nitrogens with one attached hydrogen (secondary N) is 1. The van der Waals surface area contributed by atoms with Gasteiger partial charge in [0.25, 0.3) is 0 Å². The Morgan fingerprint density at radius 1 is 1.37 bits per heavy atom. The van der Waals surface area contributed by atoms with Crippen molar-refractivity contribution in [3.8, 4) is 0 Å². The van der Waals surface area contributed by atoms with Crippen LogP contribution in [0.3, 0.4) is 0 Å². The second-order valence-corrected chi connectivity index (χ2v) is 5.79. The molecule has 2 unspecified atom stereocenters. The van der Waals surface area contributed by atoms with E-state index in [1.54, 1.807) is 0 Å². The summed E-state index contributed by atoms with van der Waals surface area (Å²) in [6.07, 6.45) is 5.93. The van der Waals surface area contributed by atoms with Gasteiger partial charge in [-0.15, -0.1) is 0 Å². The summed E-state index contributed by atoms with van der Waals surface area (Å²) in [6, 6.07) is 0.661. The van der Waals surface area contributed by atoms with Crippen LogP contribution in [0.25, 0.3) is 0 Å². The molecule has 0 bridgehead atoms. The fourth-order valence-corrected chi connectivity index (χ4v) is 2.88. The van der Waals surface area contributed by atoms with Crippen LogP contribution in [-0.4, -0.2) is 47.2 Å². The van der Waals surface area contributed by atoms with Crippen LogP contribution < -0.4 is 5.32 Å². The smallest absolute Gasteiger partial charge is 0.234 e. The second-order valence-electron chi connectivity index (χ2n) is 5.79. The second kappa shape index (κ2) is 8.54. The highest BCUT2D eigenvalue weighted by Gasteiger charge is 2.25. The van der Waals surface area contributed by atoms with Crippen LogP contribution in [0.2, 0.25) is 0 Å². The van der Waals surface area contributed by atoms with Crippen molar-refractivity contribution in [2.45, 2.75) is 77.5 Å². The van der Waals surface area contributed by atoms with Gasteiger partial charge in [0.2, 0.25) is 5.91 Å². The fraction of sp³-hybridized carbons (Fsp3) is 0.933. The zero-order valence-electron chi connectivity index (χ0n) is 12.7. The number of hydrogen-bond acceptors (Lipinski definition) is 3. The predicted molar refractivity (Wildman–Crippen MR) is 78.0 cm³/mol. The van der Waals surface area contributed by atoms with E-state index in [4.69, 9.17) is 0 Å². The maximum Gasteiger partial charge on any atom is 0.234 e. The first-order valence-corrected chi connectivity index (χ1v) is 7.78. The van der Waals surface area contributed by atoms with Crippen molar-refractivity contribution in [3.05, 3.63) is 0 Å². The standard InChI is InChI=1S/C15H30N2O2/c1-4-13(5-2)16-15(19)11-17-9-7-6-8-14(17)10-12(3)18/h12-14,18H,4-11H2,1-3H3,(H,16,19). The SMILES string of the molecule is CCC(CC)NC(=O)CN1CCCCC1CC(C)O. The molecule has 0 aromatic carbocycles. The lowest BCUT2D eigenvalue weighted by molar-refractivity contribution is -0.124. The van der Waals surface area contributed by atoms with Gasteiger partial charge in [-0.1, -0.05) is 20.3 Å². The summed E-state index contributed by atoms with van der Waals surface area (Å²) in [6.45, 7) is 7.50. The van der Waals surface area contributed by atoms with Crippen LogP contribution in [0.5, 0.6) is 0 Å². The molecule has 0 aromatic heterocycles. The quantitative estimate of drug-likeness (QED) is 0.743. The summed E-state index contributed by atoms with van der Waals surface area (Å²) >= 11 is 0. The molecule has 1 aliphatic heterocycles. The minimum absolute atomic E-state index is 0.131. The van der Waals surface area contributed by atoms with Crippen LogP contribution >= 0.6 is 0 Å². The molecule has 112 valence electrons. The van der Waals surface area contributed by atoms with E-state index in [-0.39, 0.29) is 12.0 Å². The molecule has 1 fully saturated rings. The first-order valence-electron chi connectivity index (χ1n) is 7.78. The van der Waals surface area contributed by atoms with Crippen LogP contribution in [0.4, 0.5) is 0 Å². The van der Waals surface area contributed by atoms with Gasteiger partial charge in [0.05, 0.1) is 12.6 Å². The maximum atomic E-state index is 12.1. The molecule has 0 saturated carbocycles. The van der Waals surface area contributed by atoms with Gasteiger partial charge in [-0.2, -0.15) is 0 Å². The molecule has 0 spiro atoms. The van der Waals surface area contributed by atoms with Gasteiger partial charge >= 0.3 is 0 Å². The van der Waals surface area contributed by atoms with Gasteiger partial charge < -0.3 is 10.4 Å². The Labute approximate surface area is 117 Å². The summed E-state index contributed by atoms with van der Waals surface area (Å²) in [7, 11) is 0. The Bertz CT molecular complexity index is 265. The number of nitrogens with zero attached hydrogens (tertiary/aromatic N) is 1. The van der Waals surface area contributed by atoms with E-state index < -0.39 is 0 Å². The van der Waals surface area contributed by atoms with Crippen LogP contribution in [-0.2, 0) is 4.79 Å². The van der Waals surface area contributed by atoms with Gasteiger partial charge in [0.15, 0.2) is 0 Å². The fourth-order valence-electron chi connectivity index (χ4n) is 2.88. The van der Waals surface area contributed by atoms with Crippen molar-refractivity contribution in [1.82, 2.24) is 10.2 Å². The Kier molecular flexibility index (Phi) is 7.39. The molecule has 4 heteroatoms. The van der Waals surface area contributed by atoms with E-state index in [2.05, 4.69) is 24.1 Å². The first kappa shape index (κ1) is 16.4. The van der Waals surface area contributed by atoms with E-state index >= 15 is 0 Å². The number of carbonyl (C=O) groups is 1. The van der Waals surface area contributed by atoms with Crippen molar-refractivity contribution >= 4 is 5.91 Å². The zero-order chi connectivity index (χ0) is 14.3. The molecule has 1 heterocycles. The highest BCUT2D eigenvalue weighted by molar-refractivity contribution is 5.78. The Morgan fingerprint density at radius 3 is 2.63 bits per heavy atom. The van der Waals surface area contributed by atoms with E-state index in [1.165, 1.54) is 6.42 Å². The number of aliphatic hydroxyl groups excluding tert-OH is 1. The highest BCUT2D eigenvalue weighted by atomic mass is 16.3. The minimum atomic E-state index is -0.285. The molecular weight excluding hydrogens is 240 g/mol. The van der Waals surface area contributed by atoms with Crippen molar-refractivity contribution in [2.24, 2.45) is 0 Å². The van der Waals surface area contributed by atoms with Gasteiger partial charge in [-0.3, -0.25) is 9.69 Å². The molecule has 1 amide bonds. The highest BCUT2D eigenvalue weighted by Crippen LogP contribution is 2.20. The Balaban J connectivity index is 2.45. The topological polar surface area (TPSA) is 52.6 Å². The third kappa shape index (κ3) is 5.91. The third-order valence-corrected chi connectivity index (χ3v) is 4.06. The first-order chi connectivity index (χ1) is 9.06. The zero-order valence-corrected chi connectivity index (χ0v) is 12.7.